The second kappa shape index (κ2) is 37.6. The average molecular weight is 1320 g/mol. The van der Waals surface area contributed by atoms with Crippen molar-refractivity contribution in [3.8, 4) is 0 Å². The van der Waals surface area contributed by atoms with Gasteiger partial charge in [-0.15, -0.1) is 0 Å². The first kappa shape index (κ1) is 74.1. The summed E-state index contributed by atoms with van der Waals surface area (Å²) in [7, 11) is 4.27. The van der Waals surface area contributed by atoms with E-state index in [4.69, 9.17) is 52.5 Å². The Hall–Kier alpha value is -9.99. The van der Waals surface area contributed by atoms with Crippen molar-refractivity contribution in [2.75, 3.05) is 120 Å². The van der Waals surface area contributed by atoms with Crippen LogP contribution in [0.1, 0.15) is 117 Å². The maximum Gasteiger partial charge on any atom is 0.407 e. The number of amides is 5. The number of fused-ring (bicyclic) bond motifs is 2. The monoisotopic (exact) mass is 1320 g/mol. The largest absolute Gasteiger partial charge is 0.467 e. The molecule has 0 aliphatic carbocycles. The van der Waals surface area contributed by atoms with Gasteiger partial charge >= 0.3 is 18.0 Å². The lowest BCUT2D eigenvalue weighted by Crippen LogP contribution is -2.42. The lowest BCUT2D eigenvalue weighted by Gasteiger charge is -2.22. The van der Waals surface area contributed by atoms with Crippen LogP contribution in [0, 0.1) is 0 Å². The number of unbranched alkanes of at least 4 members (excludes halogenated alkanes) is 4. The Kier molecular flexibility index (Phi) is 29.3. The molecule has 0 saturated heterocycles. The smallest absolute Gasteiger partial charge is 0.407 e. The number of methoxy groups -OCH3 is 2. The second-order valence-corrected chi connectivity index (χ2v) is 23.1. The topological polar surface area (TPSA) is 469 Å². The van der Waals surface area contributed by atoms with E-state index in [2.05, 4.69) is 71.4 Å². The van der Waals surface area contributed by atoms with Gasteiger partial charge in [-0.25, -0.2) is 40.2 Å². The molecule has 514 valence electrons. The van der Waals surface area contributed by atoms with Gasteiger partial charge in [0.2, 0.25) is 23.7 Å². The number of anilines is 6. The molecule has 0 saturated carbocycles. The van der Waals surface area contributed by atoms with Crippen molar-refractivity contribution < 1.29 is 57.2 Å². The Morgan fingerprint density at radius 1 is 0.537 bits per heavy atom. The predicted molar refractivity (Wildman–Crippen MR) is 354 cm³/mol. The summed E-state index contributed by atoms with van der Waals surface area (Å²) in [6, 6.07) is 11.0. The first-order valence-corrected chi connectivity index (χ1v) is 31.2. The number of nitrogens with two attached hydrogens (primary N) is 5. The highest BCUT2D eigenvalue weighted by Crippen LogP contribution is 2.21. The molecule has 0 aliphatic rings. The SMILES string of the molecule is COC(=O)[C@H](CCC(=O)NCCCCCN(CCCCCNC(=O)CC[C@H](NC(=O)c1ccc(N(N)Cc2cnc3nc(N)nc(N)c3n2)cc1)C(=O)OC)CCOCCOCCNC(=O)OC(C)(C)C)NC(=O)c1ccc(N(C)Cc2cnc3nc(N)nc(N)c3n2)cc1. The van der Waals surface area contributed by atoms with E-state index in [1.165, 1.54) is 25.4 Å². The number of ether oxygens (including phenoxy) is 5. The van der Waals surface area contributed by atoms with Gasteiger partial charge in [0.1, 0.15) is 17.7 Å². The minimum atomic E-state index is -1.09. The van der Waals surface area contributed by atoms with Crippen LogP contribution in [-0.4, -0.2) is 191 Å². The van der Waals surface area contributed by atoms with E-state index >= 15 is 0 Å². The standard InChI is InChI=1S/C62H89N21O12/c1-62(2,3)95-61(90)70-27-31-93-33-34-94-32-30-82(28-11-7-9-25-68-47(84)23-21-45(57(88)91-5)75-55(86)39-13-17-43(18-14-39)81(4)37-41-35-71-53-49(73-41)51(63)77-59(65)79-53)29-12-8-10-26-69-48(85)24-22-46(58(89)92-6)76-56(87)40-15-19-44(20-16-40)83(67)38-42-36-72-54-50(74-42)52(64)78-60(66)80-54/h13-20,35-36,45-46H,7-12,21-34,37-38,67H2,1-6H3,(H,68,84)(H,69,85)(H,70,90)(H,75,86)(H,76,87)(H4,63,65,71,77,79)(H4,64,66,72,78,80)/t45-,46-/m0/s1. The van der Waals surface area contributed by atoms with Crippen LogP contribution < -0.4 is 65.3 Å². The molecule has 2 atom stereocenters. The van der Waals surface area contributed by atoms with Gasteiger partial charge in [-0.05, 0) is 121 Å². The molecule has 0 spiro atoms. The van der Waals surface area contributed by atoms with E-state index in [0.717, 1.165) is 44.5 Å². The Morgan fingerprint density at radius 3 is 1.47 bits per heavy atom. The van der Waals surface area contributed by atoms with Crippen molar-refractivity contribution in [3.05, 3.63) is 83.4 Å². The van der Waals surface area contributed by atoms with E-state index in [9.17, 15) is 33.6 Å². The van der Waals surface area contributed by atoms with Crippen molar-refractivity contribution in [2.24, 2.45) is 5.84 Å². The van der Waals surface area contributed by atoms with Gasteiger partial charge < -0.3 is 88.0 Å². The normalized spacial score (nSPS) is 12.0. The molecule has 33 heteroatoms. The summed E-state index contributed by atoms with van der Waals surface area (Å²) in [5.41, 5.74) is 26.8. The van der Waals surface area contributed by atoms with Gasteiger partial charge in [0.15, 0.2) is 34.0 Å². The highest BCUT2D eigenvalue weighted by atomic mass is 16.6. The minimum absolute atomic E-state index is 0.00187. The maximum absolute atomic E-state index is 13.3. The summed E-state index contributed by atoms with van der Waals surface area (Å²) >= 11 is 0. The molecule has 0 aliphatic heterocycles. The number of esters is 2. The summed E-state index contributed by atoms with van der Waals surface area (Å²) in [5, 5.41) is 15.3. The zero-order valence-electron chi connectivity index (χ0n) is 54.7. The number of benzene rings is 2. The highest BCUT2D eigenvalue weighted by molar-refractivity contribution is 5.98. The first-order chi connectivity index (χ1) is 45.5. The zero-order valence-corrected chi connectivity index (χ0v) is 54.7. The quantitative estimate of drug-likeness (QED) is 0.00869. The Balaban J connectivity index is 0.881. The maximum atomic E-state index is 13.3. The molecule has 4 heterocycles. The number of nitrogens with zero attached hydrogens (tertiary/aromatic N) is 11. The number of carbonyl (C=O) groups is 7. The number of carbonyl (C=O) groups excluding carboxylic acids is 7. The van der Waals surface area contributed by atoms with Gasteiger partial charge in [-0.3, -0.25) is 19.2 Å². The van der Waals surface area contributed by atoms with Crippen molar-refractivity contribution in [2.45, 2.75) is 116 Å². The highest BCUT2D eigenvalue weighted by Gasteiger charge is 2.26. The molecule has 15 N–H and O–H groups in total. The fourth-order valence-corrected chi connectivity index (χ4v) is 9.50. The Morgan fingerprint density at radius 2 is 1.00 bits per heavy atom. The Labute approximate surface area is 550 Å². The number of nitrogen functional groups attached to an aromatic ring is 4. The molecule has 0 radical (unpaired) electrons. The predicted octanol–water partition coefficient (Wildman–Crippen LogP) is 2.23. The molecule has 2 aromatic carbocycles. The third-order valence-electron chi connectivity index (χ3n) is 14.5. The molecular weight excluding hydrogens is 1230 g/mol. The summed E-state index contributed by atoms with van der Waals surface area (Å²) in [4.78, 5) is 128. The van der Waals surface area contributed by atoms with Crippen molar-refractivity contribution in [3.63, 3.8) is 0 Å². The van der Waals surface area contributed by atoms with Crippen LogP contribution in [0.2, 0.25) is 0 Å². The third kappa shape index (κ3) is 25.4. The molecule has 4 aromatic heterocycles. The molecule has 0 bridgehead atoms. The van der Waals surface area contributed by atoms with Gasteiger partial charge in [0.25, 0.3) is 11.8 Å². The second-order valence-electron chi connectivity index (χ2n) is 23.1. The average Bonchev–Trinajstić information content (AvgIpc) is 0.868. The van der Waals surface area contributed by atoms with Crippen LogP contribution in [0.25, 0.3) is 22.3 Å². The molecule has 6 rings (SSSR count). The number of aromatic nitrogens is 8. The van der Waals surface area contributed by atoms with Crippen molar-refractivity contribution in [1.82, 2.24) is 71.4 Å². The minimum Gasteiger partial charge on any atom is -0.467 e. The molecule has 95 heavy (non-hydrogen) atoms. The summed E-state index contributed by atoms with van der Waals surface area (Å²) in [5.74, 6) is 3.51. The lowest BCUT2D eigenvalue weighted by molar-refractivity contribution is -0.144. The van der Waals surface area contributed by atoms with Gasteiger partial charge in [-0.1, -0.05) is 12.8 Å². The van der Waals surface area contributed by atoms with Crippen LogP contribution in [0.4, 0.5) is 39.7 Å². The zero-order chi connectivity index (χ0) is 68.9. The van der Waals surface area contributed by atoms with Crippen LogP contribution in [0.3, 0.4) is 0 Å². The van der Waals surface area contributed by atoms with Gasteiger partial charge in [-0.2, -0.15) is 19.9 Å². The number of alkyl carbamates (subject to hydrolysis) is 1. The third-order valence-corrected chi connectivity index (χ3v) is 14.5. The lowest BCUT2D eigenvalue weighted by atomic mass is 10.1. The number of rotatable bonds is 39. The van der Waals surface area contributed by atoms with Crippen LogP contribution in [-0.2, 0) is 56.0 Å². The van der Waals surface area contributed by atoms with Crippen LogP contribution in [0.15, 0.2) is 60.9 Å². The molecule has 0 unspecified atom stereocenters. The van der Waals surface area contributed by atoms with E-state index in [-0.39, 0.29) is 89.9 Å². The van der Waals surface area contributed by atoms with E-state index in [1.54, 1.807) is 75.5 Å². The van der Waals surface area contributed by atoms with E-state index in [1.807, 2.05) is 11.9 Å². The van der Waals surface area contributed by atoms with Gasteiger partial charge in [0.05, 0.1) is 83.2 Å². The summed E-state index contributed by atoms with van der Waals surface area (Å²) < 4.78 is 26.6. The van der Waals surface area contributed by atoms with Crippen LogP contribution >= 0.6 is 0 Å². The fourth-order valence-electron chi connectivity index (χ4n) is 9.50. The molecule has 0 fully saturated rings. The number of hydrogen-bond donors (Lipinski definition) is 10. The first-order valence-electron chi connectivity index (χ1n) is 31.2. The fraction of sp³-hybridized carbons (Fsp3) is 0.500. The van der Waals surface area contributed by atoms with Crippen LogP contribution in [0.5, 0.6) is 0 Å². The molecule has 5 amide bonds. The van der Waals surface area contributed by atoms with Gasteiger partial charge in [0, 0.05) is 62.9 Å². The molecule has 33 nitrogen and oxygen atoms in total. The number of hydrogen-bond acceptors (Lipinski definition) is 28. The number of nitrogens with one attached hydrogen (secondary N) is 5. The number of hydrazine groups is 1. The van der Waals surface area contributed by atoms with Crippen molar-refractivity contribution in [1.29, 1.82) is 0 Å². The van der Waals surface area contributed by atoms with E-state index in [0.29, 0.717) is 100 Å². The Bertz CT molecular complexity index is 3310. The van der Waals surface area contributed by atoms with Crippen molar-refractivity contribution >= 4 is 98.9 Å². The van der Waals surface area contributed by atoms with E-state index < -0.39 is 47.5 Å². The summed E-state index contributed by atoms with van der Waals surface area (Å²) in [6.07, 6.45) is 7.23. The summed E-state index contributed by atoms with van der Waals surface area (Å²) in [6.45, 7) is 10.6. The molecule has 6 aromatic rings. The molecular formula is C62H89N21O12.